The largest absolute Gasteiger partial charge is 0.419 e. The standard InChI is InChI=1S/C21H19ClN4OS/c22-16-8-2-1-7-15(16)20-25-24-19(27-20)13-26-11-5-6-14(12-26)21-23-17-9-3-4-10-18(17)28-21/h1-4,7-10,14H,5-6,11-13H2. The van der Waals surface area contributed by atoms with Gasteiger partial charge in [0.1, 0.15) is 0 Å². The van der Waals surface area contributed by atoms with Gasteiger partial charge in [-0.3, -0.25) is 4.90 Å². The molecule has 7 heteroatoms. The smallest absolute Gasteiger partial charge is 0.249 e. The second kappa shape index (κ2) is 7.62. The number of benzene rings is 2. The van der Waals surface area contributed by atoms with E-state index in [0.717, 1.165) is 30.6 Å². The Labute approximate surface area is 172 Å². The van der Waals surface area contributed by atoms with Crippen molar-refractivity contribution in [3.63, 3.8) is 0 Å². The van der Waals surface area contributed by atoms with E-state index in [9.17, 15) is 0 Å². The summed E-state index contributed by atoms with van der Waals surface area (Å²) >= 11 is 8.05. The van der Waals surface area contributed by atoms with Gasteiger partial charge in [0.15, 0.2) is 0 Å². The van der Waals surface area contributed by atoms with Gasteiger partial charge in [0, 0.05) is 12.5 Å². The van der Waals surface area contributed by atoms with Crippen LogP contribution in [0.15, 0.2) is 52.9 Å². The number of halogens is 1. The molecule has 1 unspecified atom stereocenters. The maximum absolute atomic E-state index is 6.24. The number of likely N-dealkylation sites (tertiary alicyclic amines) is 1. The fourth-order valence-electron chi connectivity index (χ4n) is 3.72. The fraction of sp³-hybridized carbons (Fsp3) is 0.286. The topological polar surface area (TPSA) is 55.1 Å². The van der Waals surface area contributed by atoms with Gasteiger partial charge in [0.05, 0.1) is 32.4 Å². The average Bonchev–Trinajstić information content (AvgIpc) is 3.35. The van der Waals surface area contributed by atoms with E-state index in [1.807, 2.05) is 41.7 Å². The van der Waals surface area contributed by atoms with Crippen molar-refractivity contribution in [3.05, 3.63) is 64.5 Å². The number of nitrogens with zero attached hydrogens (tertiary/aromatic N) is 4. The minimum Gasteiger partial charge on any atom is -0.419 e. The third-order valence-electron chi connectivity index (χ3n) is 5.10. The van der Waals surface area contributed by atoms with Gasteiger partial charge in [-0.2, -0.15) is 0 Å². The van der Waals surface area contributed by atoms with Crippen molar-refractivity contribution >= 4 is 33.2 Å². The van der Waals surface area contributed by atoms with E-state index in [1.54, 1.807) is 0 Å². The summed E-state index contributed by atoms with van der Waals surface area (Å²) in [7, 11) is 0. The highest BCUT2D eigenvalue weighted by atomic mass is 35.5. The number of piperidine rings is 1. The van der Waals surface area contributed by atoms with Crippen LogP contribution >= 0.6 is 22.9 Å². The van der Waals surface area contributed by atoms with Crippen LogP contribution in [-0.4, -0.2) is 33.2 Å². The van der Waals surface area contributed by atoms with Gasteiger partial charge < -0.3 is 4.42 Å². The van der Waals surface area contributed by atoms with Crippen LogP contribution in [0, 0.1) is 0 Å². The maximum Gasteiger partial charge on any atom is 0.249 e. The van der Waals surface area contributed by atoms with E-state index in [4.69, 9.17) is 21.0 Å². The molecule has 5 nitrogen and oxygen atoms in total. The summed E-state index contributed by atoms with van der Waals surface area (Å²) in [5.41, 5.74) is 1.87. The SMILES string of the molecule is Clc1ccccc1-c1nnc(CN2CCCC(c3nc4ccccc4s3)C2)o1. The molecule has 28 heavy (non-hydrogen) atoms. The van der Waals surface area contributed by atoms with Gasteiger partial charge in [-0.15, -0.1) is 21.5 Å². The normalized spacial score (nSPS) is 18.0. The minimum atomic E-state index is 0.456. The summed E-state index contributed by atoms with van der Waals surface area (Å²) in [5, 5.41) is 10.3. The summed E-state index contributed by atoms with van der Waals surface area (Å²) in [4.78, 5) is 7.24. The molecule has 2 aromatic heterocycles. The molecule has 0 N–H and O–H groups in total. The molecule has 0 aliphatic carbocycles. The molecule has 0 bridgehead atoms. The van der Waals surface area contributed by atoms with Gasteiger partial charge >= 0.3 is 0 Å². The molecule has 142 valence electrons. The Bertz CT molecular complexity index is 1080. The highest BCUT2D eigenvalue weighted by molar-refractivity contribution is 7.18. The lowest BCUT2D eigenvalue weighted by Crippen LogP contribution is -2.33. The molecule has 1 atom stereocenters. The molecule has 5 rings (SSSR count). The predicted molar refractivity (Wildman–Crippen MR) is 112 cm³/mol. The van der Waals surface area contributed by atoms with Crippen molar-refractivity contribution in [3.8, 4) is 11.5 Å². The molecule has 0 spiro atoms. The zero-order valence-electron chi connectivity index (χ0n) is 15.2. The van der Waals surface area contributed by atoms with Crippen LogP contribution in [0.2, 0.25) is 5.02 Å². The van der Waals surface area contributed by atoms with E-state index in [0.29, 0.717) is 29.3 Å². The summed E-state index contributed by atoms with van der Waals surface area (Å²) in [6, 6.07) is 15.9. The van der Waals surface area contributed by atoms with Crippen LogP contribution in [0.3, 0.4) is 0 Å². The van der Waals surface area contributed by atoms with Gasteiger partial charge in [-0.1, -0.05) is 35.9 Å². The highest BCUT2D eigenvalue weighted by Crippen LogP contribution is 2.33. The molecule has 1 aliphatic rings. The first-order chi connectivity index (χ1) is 13.8. The number of hydrogen-bond acceptors (Lipinski definition) is 6. The molecule has 0 radical (unpaired) electrons. The number of thiazole rings is 1. The number of rotatable bonds is 4. The van der Waals surface area contributed by atoms with Crippen LogP contribution in [0.25, 0.3) is 21.7 Å². The van der Waals surface area contributed by atoms with E-state index >= 15 is 0 Å². The third kappa shape index (κ3) is 3.55. The van der Waals surface area contributed by atoms with Crippen molar-refractivity contribution in [1.82, 2.24) is 20.1 Å². The molecule has 1 aliphatic heterocycles. The quantitative estimate of drug-likeness (QED) is 0.452. The van der Waals surface area contributed by atoms with E-state index in [-0.39, 0.29) is 0 Å². The van der Waals surface area contributed by atoms with E-state index in [1.165, 1.54) is 16.1 Å². The van der Waals surface area contributed by atoms with E-state index < -0.39 is 0 Å². The van der Waals surface area contributed by atoms with Crippen LogP contribution in [0.5, 0.6) is 0 Å². The summed E-state index contributed by atoms with van der Waals surface area (Å²) < 4.78 is 7.14. The molecule has 2 aromatic carbocycles. The van der Waals surface area contributed by atoms with Crippen LogP contribution < -0.4 is 0 Å². The summed E-state index contributed by atoms with van der Waals surface area (Å²) in [6.45, 7) is 2.65. The minimum absolute atomic E-state index is 0.456. The Balaban J connectivity index is 1.30. The predicted octanol–water partition coefficient (Wildman–Crippen LogP) is 5.38. The first kappa shape index (κ1) is 17.8. The Morgan fingerprint density at radius 3 is 2.86 bits per heavy atom. The zero-order valence-corrected chi connectivity index (χ0v) is 16.8. The Morgan fingerprint density at radius 1 is 1.11 bits per heavy atom. The molecule has 4 aromatic rings. The third-order valence-corrected chi connectivity index (χ3v) is 6.62. The number of para-hydroxylation sites is 1. The average molecular weight is 411 g/mol. The van der Waals surface area contributed by atoms with Crippen molar-refractivity contribution in [1.29, 1.82) is 0 Å². The number of hydrogen-bond donors (Lipinski definition) is 0. The second-order valence-electron chi connectivity index (χ2n) is 7.07. The molecule has 1 saturated heterocycles. The first-order valence-electron chi connectivity index (χ1n) is 9.41. The van der Waals surface area contributed by atoms with Gasteiger partial charge in [0.25, 0.3) is 0 Å². The maximum atomic E-state index is 6.24. The molecular weight excluding hydrogens is 392 g/mol. The Kier molecular flexibility index (Phi) is 4.84. The molecule has 0 amide bonds. The molecule has 3 heterocycles. The lowest BCUT2D eigenvalue weighted by molar-refractivity contribution is 0.184. The first-order valence-corrected chi connectivity index (χ1v) is 10.6. The highest BCUT2D eigenvalue weighted by Gasteiger charge is 2.25. The Morgan fingerprint density at radius 2 is 1.96 bits per heavy atom. The number of aromatic nitrogens is 3. The second-order valence-corrected chi connectivity index (χ2v) is 8.54. The lowest BCUT2D eigenvalue weighted by Gasteiger charge is -2.30. The van der Waals surface area contributed by atoms with Gasteiger partial charge in [0.2, 0.25) is 11.8 Å². The zero-order chi connectivity index (χ0) is 18.9. The van der Waals surface area contributed by atoms with E-state index in [2.05, 4.69) is 33.3 Å². The fourth-order valence-corrected chi connectivity index (χ4v) is 5.03. The number of fused-ring (bicyclic) bond motifs is 1. The van der Waals surface area contributed by atoms with Gasteiger partial charge in [-0.25, -0.2) is 4.98 Å². The van der Waals surface area contributed by atoms with Gasteiger partial charge in [-0.05, 0) is 43.7 Å². The molecule has 0 saturated carbocycles. The summed E-state index contributed by atoms with van der Waals surface area (Å²) in [6.07, 6.45) is 2.32. The van der Waals surface area contributed by atoms with Crippen molar-refractivity contribution < 1.29 is 4.42 Å². The van der Waals surface area contributed by atoms with Crippen LogP contribution in [0.1, 0.15) is 29.7 Å². The lowest BCUT2D eigenvalue weighted by atomic mass is 9.99. The van der Waals surface area contributed by atoms with Crippen LogP contribution in [-0.2, 0) is 6.54 Å². The van der Waals surface area contributed by atoms with Crippen LogP contribution in [0.4, 0.5) is 0 Å². The Hall–Kier alpha value is -2.28. The summed E-state index contributed by atoms with van der Waals surface area (Å²) in [5.74, 6) is 1.55. The monoisotopic (exact) mass is 410 g/mol. The van der Waals surface area contributed by atoms with Crippen molar-refractivity contribution in [2.24, 2.45) is 0 Å². The molecule has 1 fully saturated rings. The van der Waals surface area contributed by atoms with Crippen molar-refractivity contribution in [2.45, 2.75) is 25.3 Å². The molecular formula is C21H19ClN4OS. The van der Waals surface area contributed by atoms with Crippen molar-refractivity contribution in [2.75, 3.05) is 13.1 Å².